The zero-order chi connectivity index (χ0) is 20.5. The second-order valence-electron chi connectivity index (χ2n) is 6.54. The van der Waals surface area contributed by atoms with Crippen molar-refractivity contribution in [3.63, 3.8) is 0 Å². The molecule has 146 valence electrons. The maximum Gasteiger partial charge on any atom is 0.332 e. The van der Waals surface area contributed by atoms with Crippen molar-refractivity contribution in [1.29, 1.82) is 0 Å². The minimum atomic E-state index is -0.425. The summed E-state index contributed by atoms with van der Waals surface area (Å²) in [5.41, 5.74) is 1.31. The molecule has 0 amide bonds. The quantitative estimate of drug-likeness (QED) is 0.369. The molecule has 0 aliphatic heterocycles. The number of fused-ring (bicyclic) bond motifs is 1. The van der Waals surface area contributed by atoms with Gasteiger partial charge in [-0.2, -0.15) is 0 Å². The highest BCUT2D eigenvalue weighted by Crippen LogP contribution is 2.29. The van der Waals surface area contributed by atoms with Gasteiger partial charge in [-0.25, -0.2) is 14.8 Å². The zero-order valence-corrected chi connectivity index (χ0v) is 17.4. The predicted octanol–water partition coefficient (Wildman–Crippen LogP) is 3.64. The molecule has 0 spiro atoms. The molecule has 2 aromatic carbocycles. The summed E-state index contributed by atoms with van der Waals surface area (Å²) in [6, 6.07) is 17.0. The summed E-state index contributed by atoms with van der Waals surface area (Å²) < 4.78 is 2.46. The van der Waals surface area contributed by atoms with E-state index in [-0.39, 0.29) is 0 Å². The SMILES string of the molecule is Cn1c(=O)c2c(SCc3cccc(Cl)c3)nc(-c3ccccc3)nc2n(C)c1=O. The average Bonchev–Trinajstić information content (AvgIpc) is 2.74. The van der Waals surface area contributed by atoms with Crippen LogP contribution in [0, 0.1) is 0 Å². The zero-order valence-electron chi connectivity index (χ0n) is 15.8. The van der Waals surface area contributed by atoms with Gasteiger partial charge in [-0.05, 0) is 17.7 Å². The molecule has 4 rings (SSSR count). The van der Waals surface area contributed by atoms with Crippen LogP contribution >= 0.6 is 23.4 Å². The van der Waals surface area contributed by atoms with Crippen LogP contribution in [0.2, 0.25) is 5.02 Å². The first kappa shape index (κ1) is 19.4. The number of thioether (sulfide) groups is 1. The maximum absolute atomic E-state index is 12.9. The Kier molecular flexibility index (Phi) is 5.25. The molecule has 4 aromatic rings. The Morgan fingerprint density at radius 3 is 2.45 bits per heavy atom. The summed E-state index contributed by atoms with van der Waals surface area (Å²) >= 11 is 7.50. The van der Waals surface area contributed by atoms with Crippen LogP contribution in [0.4, 0.5) is 0 Å². The number of hydrogen-bond acceptors (Lipinski definition) is 5. The lowest BCUT2D eigenvalue weighted by atomic mass is 10.2. The van der Waals surface area contributed by atoms with E-state index in [0.29, 0.717) is 32.7 Å². The molecule has 2 aromatic heterocycles. The average molecular weight is 425 g/mol. The van der Waals surface area contributed by atoms with Crippen molar-refractivity contribution in [3.05, 3.63) is 86.0 Å². The van der Waals surface area contributed by atoms with Crippen molar-refractivity contribution in [2.75, 3.05) is 0 Å². The molecule has 29 heavy (non-hydrogen) atoms. The van der Waals surface area contributed by atoms with Gasteiger partial charge >= 0.3 is 5.69 Å². The van der Waals surface area contributed by atoms with Gasteiger partial charge in [-0.15, -0.1) is 11.8 Å². The monoisotopic (exact) mass is 424 g/mol. The summed E-state index contributed by atoms with van der Waals surface area (Å²) in [4.78, 5) is 34.5. The van der Waals surface area contributed by atoms with E-state index in [2.05, 4.69) is 9.97 Å². The molecule has 0 saturated carbocycles. The molecule has 0 fully saturated rings. The lowest BCUT2D eigenvalue weighted by Crippen LogP contribution is -2.37. The van der Waals surface area contributed by atoms with Crippen molar-refractivity contribution < 1.29 is 0 Å². The van der Waals surface area contributed by atoms with Crippen molar-refractivity contribution in [3.8, 4) is 11.4 Å². The molecule has 0 radical (unpaired) electrons. The maximum atomic E-state index is 12.9. The summed E-state index contributed by atoms with van der Waals surface area (Å²) in [6.45, 7) is 0. The van der Waals surface area contributed by atoms with E-state index in [1.165, 1.54) is 23.4 Å². The van der Waals surface area contributed by atoms with E-state index < -0.39 is 11.2 Å². The number of nitrogens with zero attached hydrogens (tertiary/aromatic N) is 4. The Morgan fingerprint density at radius 2 is 1.72 bits per heavy atom. The third-order valence-corrected chi connectivity index (χ3v) is 5.84. The fourth-order valence-corrected chi connectivity index (χ4v) is 4.20. The molecular weight excluding hydrogens is 408 g/mol. The Labute approximate surface area is 175 Å². The van der Waals surface area contributed by atoms with E-state index in [0.717, 1.165) is 15.7 Å². The number of rotatable bonds is 4. The first-order chi connectivity index (χ1) is 14.0. The first-order valence-corrected chi connectivity index (χ1v) is 10.2. The van der Waals surface area contributed by atoms with Crippen molar-refractivity contribution in [1.82, 2.24) is 19.1 Å². The summed E-state index contributed by atoms with van der Waals surface area (Å²) in [7, 11) is 3.07. The highest BCUT2D eigenvalue weighted by atomic mass is 35.5. The molecule has 0 unspecified atom stereocenters. The van der Waals surface area contributed by atoms with Gasteiger partial charge in [0.05, 0.1) is 0 Å². The Morgan fingerprint density at radius 1 is 0.966 bits per heavy atom. The van der Waals surface area contributed by atoms with E-state index in [1.807, 2.05) is 54.6 Å². The fourth-order valence-electron chi connectivity index (χ4n) is 3.03. The van der Waals surface area contributed by atoms with E-state index in [1.54, 1.807) is 7.05 Å². The van der Waals surface area contributed by atoms with E-state index >= 15 is 0 Å². The van der Waals surface area contributed by atoms with Crippen molar-refractivity contribution in [2.45, 2.75) is 10.8 Å². The standard InChI is InChI=1S/C21H17ClN4O2S/c1-25-18-16(20(27)26(2)21(25)28)19(29-12-13-7-6-10-15(22)11-13)24-17(23-18)14-8-4-3-5-9-14/h3-11H,12H2,1-2H3. The van der Waals surface area contributed by atoms with Crippen LogP contribution in [0.15, 0.2) is 69.2 Å². The van der Waals surface area contributed by atoms with Gasteiger partial charge in [-0.1, -0.05) is 54.1 Å². The van der Waals surface area contributed by atoms with Crippen molar-refractivity contribution in [2.24, 2.45) is 14.1 Å². The predicted molar refractivity (Wildman–Crippen MR) is 116 cm³/mol. The largest absolute Gasteiger partial charge is 0.332 e. The van der Waals surface area contributed by atoms with Crippen LogP contribution in [0.25, 0.3) is 22.4 Å². The lowest BCUT2D eigenvalue weighted by Gasteiger charge is -2.12. The second kappa shape index (κ2) is 7.85. The summed E-state index contributed by atoms with van der Waals surface area (Å²) in [6.07, 6.45) is 0. The summed E-state index contributed by atoms with van der Waals surface area (Å²) in [5, 5.41) is 1.52. The number of hydrogen-bond donors (Lipinski definition) is 0. The molecular formula is C21H17ClN4O2S. The highest BCUT2D eigenvalue weighted by molar-refractivity contribution is 7.98. The minimum Gasteiger partial charge on any atom is -0.280 e. The molecule has 2 heterocycles. The van der Waals surface area contributed by atoms with Gasteiger partial charge in [0.15, 0.2) is 11.5 Å². The van der Waals surface area contributed by atoms with Gasteiger partial charge in [-0.3, -0.25) is 13.9 Å². The van der Waals surface area contributed by atoms with Crippen LogP contribution in [0.1, 0.15) is 5.56 Å². The Hall–Kier alpha value is -2.90. The topological polar surface area (TPSA) is 69.8 Å². The molecule has 0 aliphatic rings. The molecule has 0 aliphatic carbocycles. The van der Waals surface area contributed by atoms with Crippen LogP contribution in [-0.4, -0.2) is 19.1 Å². The van der Waals surface area contributed by atoms with Crippen LogP contribution in [0.5, 0.6) is 0 Å². The normalized spacial score (nSPS) is 11.1. The molecule has 6 nitrogen and oxygen atoms in total. The van der Waals surface area contributed by atoms with E-state index in [9.17, 15) is 9.59 Å². The third kappa shape index (κ3) is 3.71. The van der Waals surface area contributed by atoms with Crippen LogP contribution < -0.4 is 11.2 Å². The second-order valence-corrected chi connectivity index (χ2v) is 7.94. The smallest absolute Gasteiger partial charge is 0.280 e. The lowest BCUT2D eigenvalue weighted by molar-refractivity contribution is 0.703. The molecule has 0 atom stereocenters. The molecule has 0 bridgehead atoms. The van der Waals surface area contributed by atoms with Gasteiger partial charge < -0.3 is 0 Å². The van der Waals surface area contributed by atoms with Gasteiger partial charge in [0, 0.05) is 30.4 Å². The Balaban J connectivity index is 1.92. The molecule has 0 N–H and O–H groups in total. The van der Waals surface area contributed by atoms with Crippen LogP contribution in [0.3, 0.4) is 0 Å². The Bertz CT molecular complexity index is 1330. The summed E-state index contributed by atoms with van der Waals surface area (Å²) in [5.74, 6) is 1.04. The van der Waals surface area contributed by atoms with Crippen molar-refractivity contribution >= 4 is 34.4 Å². The molecule has 8 heteroatoms. The highest BCUT2D eigenvalue weighted by Gasteiger charge is 2.18. The number of benzene rings is 2. The first-order valence-electron chi connectivity index (χ1n) is 8.86. The van der Waals surface area contributed by atoms with Gasteiger partial charge in [0.2, 0.25) is 0 Å². The number of aromatic nitrogens is 4. The van der Waals surface area contributed by atoms with Crippen LogP contribution in [-0.2, 0) is 19.8 Å². The number of halogens is 1. The molecule has 0 saturated heterocycles. The third-order valence-electron chi connectivity index (χ3n) is 4.56. The number of aryl methyl sites for hydroxylation is 1. The minimum absolute atomic E-state index is 0.320. The fraction of sp³-hybridized carbons (Fsp3) is 0.143. The van der Waals surface area contributed by atoms with Gasteiger partial charge in [0.1, 0.15) is 10.4 Å². The van der Waals surface area contributed by atoms with E-state index in [4.69, 9.17) is 11.6 Å². The van der Waals surface area contributed by atoms with Gasteiger partial charge in [0.25, 0.3) is 5.56 Å².